The molecule has 1 heterocycles. The van der Waals surface area contributed by atoms with Gasteiger partial charge in [0, 0.05) is 43.0 Å². The Labute approximate surface area is 205 Å². The molecule has 1 aliphatic heterocycles. The van der Waals surface area contributed by atoms with Crippen molar-refractivity contribution in [3.05, 3.63) is 52.8 Å². The van der Waals surface area contributed by atoms with Crippen LogP contribution in [-0.4, -0.2) is 75.4 Å². The van der Waals surface area contributed by atoms with Gasteiger partial charge in [-0.05, 0) is 38.4 Å². The monoisotopic (exact) mass is 518 g/mol. The first kappa shape index (κ1) is 31.5. The fourth-order valence-corrected chi connectivity index (χ4v) is 2.97. The van der Waals surface area contributed by atoms with E-state index in [9.17, 15) is 23.6 Å². The van der Waals surface area contributed by atoms with Crippen LogP contribution < -0.4 is 10.5 Å². The quantitative estimate of drug-likeness (QED) is 0.301. The van der Waals surface area contributed by atoms with Crippen LogP contribution in [0.15, 0.2) is 36.4 Å². The molecular weight excluding hydrogens is 491 g/mol. The molecule has 0 bridgehead atoms. The van der Waals surface area contributed by atoms with Crippen LogP contribution in [0.4, 0.5) is 4.39 Å². The van der Waals surface area contributed by atoms with Crippen LogP contribution in [0.25, 0.3) is 0 Å². The smallest absolute Gasteiger partial charge is 0.328 e. The maximum atomic E-state index is 14.2. The second-order valence-electron chi connectivity index (χ2n) is 6.93. The van der Waals surface area contributed by atoms with Gasteiger partial charge in [-0.3, -0.25) is 4.90 Å². The first-order valence-electron chi connectivity index (χ1n) is 10.2. The Hall–Kier alpha value is -3.48. The molecule has 194 valence electrons. The van der Waals surface area contributed by atoms with Gasteiger partial charge in [-0.15, -0.1) is 0 Å². The predicted molar refractivity (Wildman–Crippen MR) is 124 cm³/mol. The second kappa shape index (κ2) is 17.0. The van der Waals surface area contributed by atoms with Crippen LogP contribution in [0.3, 0.4) is 0 Å². The van der Waals surface area contributed by atoms with Crippen LogP contribution in [0.5, 0.6) is 5.75 Å². The average molecular weight is 519 g/mol. The van der Waals surface area contributed by atoms with Crippen LogP contribution in [0.1, 0.15) is 18.9 Å². The van der Waals surface area contributed by atoms with Crippen molar-refractivity contribution < 1.29 is 48.7 Å². The molecule has 0 saturated carbocycles. The summed E-state index contributed by atoms with van der Waals surface area (Å²) < 4.78 is 19.4. The number of hydrogen-bond acceptors (Lipinski definition) is 7. The fourth-order valence-electron chi connectivity index (χ4n) is 2.74. The van der Waals surface area contributed by atoms with Crippen LogP contribution in [0.2, 0.25) is 5.02 Å². The molecule has 0 unspecified atom stereocenters. The van der Waals surface area contributed by atoms with Crippen molar-refractivity contribution in [3.63, 3.8) is 0 Å². The summed E-state index contributed by atoms with van der Waals surface area (Å²) in [5, 5.41) is 31.3. The van der Waals surface area contributed by atoms with Crippen molar-refractivity contribution in [2.45, 2.75) is 19.9 Å². The summed E-state index contributed by atoms with van der Waals surface area (Å²) in [6, 6.07) is 3.49. The number of hydrogen-bond donors (Lipinski definition) is 5. The topological polar surface area (TPSA) is 188 Å². The van der Waals surface area contributed by atoms with E-state index in [1.807, 2.05) is 6.92 Å². The maximum absolute atomic E-state index is 14.2. The number of aliphatic carboxylic acids is 4. The highest BCUT2D eigenvalue weighted by molar-refractivity contribution is 6.32. The molecule has 0 aliphatic carbocycles. The zero-order valence-corrected chi connectivity index (χ0v) is 19.7. The lowest BCUT2D eigenvalue weighted by Crippen LogP contribution is -2.23. The zero-order valence-electron chi connectivity index (χ0n) is 18.9. The van der Waals surface area contributed by atoms with E-state index in [-0.39, 0.29) is 10.8 Å². The molecule has 11 nitrogen and oxygen atoms in total. The minimum atomic E-state index is -1.26. The van der Waals surface area contributed by atoms with E-state index >= 15 is 0 Å². The SMILES string of the molecule is CCOc1ccc(CN2CC[C@@H](CN)C2)c(F)c1Cl.O=C(O)/C=C/C(=O)O.O=C(O)/C=C/C(=O)O. The minimum absolute atomic E-state index is 0.0777. The predicted octanol–water partition coefficient (Wildman–Crippen LogP) is 2.08. The van der Waals surface area contributed by atoms with Crippen molar-refractivity contribution in [2.24, 2.45) is 11.7 Å². The number of carboxylic acid groups (broad SMARTS) is 4. The summed E-state index contributed by atoms with van der Waals surface area (Å²) in [7, 11) is 0. The van der Waals surface area contributed by atoms with E-state index in [1.165, 1.54) is 0 Å². The number of carbonyl (C=O) groups is 4. The lowest BCUT2D eigenvalue weighted by atomic mass is 10.1. The minimum Gasteiger partial charge on any atom is -0.492 e. The Balaban J connectivity index is 0.000000601. The number of nitrogens with two attached hydrogens (primary N) is 1. The largest absolute Gasteiger partial charge is 0.492 e. The van der Waals surface area contributed by atoms with Crippen molar-refractivity contribution in [1.82, 2.24) is 4.90 Å². The van der Waals surface area contributed by atoms with Crippen molar-refractivity contribution in [1.29, 1.82) is 0 Å². The van der Waals surface area contributed by atoms with Gasteiger partial charge in [0.05, 0.1) is 6.61 Å². The molecule has 1 atom stereocenters. The number of carboxylic acids is 4. The number of likely N-dealkylation sites (tertiary alicyclic amines) is 1. The molecule has 0 radical (unpaired) electrons. The molecular formula is C22H28ClFN2O9. The Morgan fingerprint density at radius 2 is 1.54 bits per heavy atom. The molecule has 1 saturated heterocycles. The molecule has 0 amide bonds. The summed E-state index contributed by atoms with van der Waals surface area (Å²) in [5.41, 5.74) is 6.28. The number of benzene rings is 1. The highest BCUT2D eigenvalue weighted by atomic mass is 35.5. The third-order valence-corrected chi connectivity index (χ3v) is 4.61. The second-order valence-corrected chi connectivity index (χ2v) is 7.31. The van der Waals surface area contributed by atoms with E-state index in [1.54, 1.807) is 12.1 Å². The van der Waals surface area contributed by atoms with Gasteiger partial charge in [-0.2, -0.15) is 0 Å². The van der Waals surface area contributed by atoms with Gasteiger partial charge in [-0.25, -0.2) is 23.6 Å². The lowest BCUT2D eigenvalue weighted by Gasteiger charge is -2.17. The Kier molecular flexibility index (Phi) is 15.3. The van der Waals surface area contributed by atoms with Gasteiger partial charge >= 0.3 is 23.9 Å². The Morgan fingerprint density at radius 3 is 1.91 bits per heavy atom. The Morgan fingerprint density at radius 1 is 1.06 bits per heavy atom. The van der Waals surface area contributed by atoms with Gasteiger partial charge in [0.25, 0.3) is 0 Å². The van der Waals surface area contributed by atoms with Gasteiger partial charge in [0.15, 0.2) is 0 Å². The van der Waals surface area contributed by atoms with Gasteiger partial charge in [0.2, 0.25) is 0 Å². The van der Waals surface area contributed by atoms with Gasteiger partial charge in [0.1, 0.15) is 16.6 Å². The summed E-state index contributed by atoms with van der Waals surface area (Å²) >= 11 is 5.98. The zero-order chi connectivity index (χ0) is 27.0. The van der Waals surface area contributed by atoms with E-state index in [0.29, 0.717) is 61.2 Å². The first-order chi connectivity index (χ1) is 16.4. The van der Waals surface area contributed by atoms with Crippen LogP contribution >= 0.6 is 11.6 Å². The Bertz CT molecular complexity index is 872. The van der Waals surface area contributed by atoms with E-state index in [0.717, 1.165) is 19.5 Å². The number of halogens is 2. The summed E-state index contributed by atoms with van der Waals surface area (Å²) in [5.74, 6) is -4.46. The van der Waals surface area contributed by atoms with Crippen LogP contribution in [0, 0.1) is 11.7 Å². The van der Waals surface area contributed by atoms with E-state index in [4.69, 9.17) is 42.5 Å². The van der Waals surface area contributed by atoms with E-state index < -0.39 is 23.9 Å². The highest BCUT2D eigenvalue weighted by Crippen LogP contribution is 2.30. The molecule has 1 aromatic rings. The van der Waals surface area contributed by atoms with Crippen molar-refractivity contribution >= 4 is 35.5 Å². The van der Waals surface area contributed by atoms with Crippen molar-refractivity contribution in [3.8, 4) is 5.75 Å². The van der Waals surface area contributed by atoms with Crippen LogP contribution in [-0.2, 0) is 25.7 Å². The molecule has 0 aromatic heterocycles. The summed E-state index contributed by atoms with van der Waals surface area (Å²) in [6.07, 6.45) is 3.32. The molecule has 1 aliphatic rings. The third-order valence-electron chi connectivity index (χ3n) is 4.26. The summed E-state index contributed by atoms with van der Waals surface area (Å²) in [4.78, 5) is 40.4. The van der Waals surface area contributed by atoms with Crippen molar-refractivity contribution in [2.75, 3.05) is 26.2 Å². The third kappa shape index (κ3) is 14.4. The normalized spacial score (nSPS) is 15.1. The number of nitrogens with zero attached hydrogens (tertiary/aromatic N) is 1. The fraction of sp³-hybridized carbons (Fsp3) is 0.364. The number of rotatable bonds is 9. The lowest BCUT2D eigenvalue weighted by molar-refractivity contribution is -0.134. The molecule has 2 rings (SSSR count). The molecule has 1 fully saturated rings. The summed E-state index contributed by atoms with van der Waals surface area (Å²) in [6.45, 7) is 5.49. The molecule has 0 spiro atoms. The average Bonchev–Trinajstić information content (AvgIpc) is 3.25. The first-order valence-corrected chi connectivity index (χ1v) is 10.6. The molecule has 35 heavy (non-hydrogen) atoms. The molecule has 13 heteroatoms. The van der Waals surface area contributed by atoms with Gasteiger partial charge in [-0.1, -0.05) is 17.7 Å². The standard InChI is InChI=1S/C14H20ClFN2O.2C4H4O4/c1-2-19-12-4-3-11(14(16)13(12)15)9-18-6-5-10(7-17)8-18;2*5-3(6)1-2-4(7)8/h3-4,10H,2,5-9,17H2,1H3;2*1-2H,(H,5,6)(H,7,8)/b;2*2-1+/t10-;;/m0../s1. The van der Waals surface area contributed by atoms with Gasteiger partial charge < -0.3 is 30.9 Å². The molecule has 1 aromatic carbocycles. The highest BCUT2D eigenvalue weighted by Gasteiger charge is 2.23. The van der Waals surface area contributed by atoms with E-state index in [2.05, 4.69) is 4.90 Å². The number of ether oxygens (including phenoxy) is 1. The maximum Gasteiger partial charge on any atom is 0.328 e. The molecule has 6 N–H and O–H groups in total.